The van der Waals surface area contributed by atoms with Crippen molar-refractivity contribution in [1.29, 1.82) is 0 Å². The summed E-state index contributed by atoms with van der Waals surface area (Å²) in [6, 6.07) is 15.7. The summed E-state index contributed by atoms with van der Waals surface area (Å²) in [6.45, 7) is 3.83. The smallest absolute Gasteiger partial charge is 0.253 e. The van der Waals surface area contributed by atoms with Crippen LogP contribution in [-0.2, 0) is 11.2 Å². The van der Waals surface area contributed by atoms with Crippen LogP contribution < -0.4 is 5.32 Å². The monoisotopic (exact) mass is 397 g/mol. The number of carbonyl (C=O) groups excluding carboxylic acids is 2. The van der Waals surface area contributed by atoms with Crippen molar-refractivity contribution in [3.8, 4) is 0 Å². The summed E-state index contributed by atoms with van der Waals surface area (Å²) in [5.74, 6) is 0.0978. The molecule has 0 aromatic heterocycles. The number of alkyl halides is 1. The van der Waals surface area contributed by atoms with E-state index in [1.54, 1.807) is 0 Å². The van der Waals surface area contributed by atoms with Crippen molar-refractivity contribution in [3.63, 3.8) is 0 Å². The second kappa shape index (κ2) is 8.33. The first-order chi connectivity index (χ1) is 13.6. The zero-order valence-electron chi connectivity index (χ0n) is 15.7. The molecule has 0 radical (unpaired) electrons. The van der Waals surface area contributed by atoms with Crippen molar-refractivity contribution in [1.82, 2.24) is 9.80 Å². The summed E-state index contributed by atoms with van der Waals surface area (Å²) >= 11 is 6.56. The third-order valence-electron chi connectivity index (χ3n) is 5.49. The lowest BCUT2D eigenvalue weighted by molar-refractivity contribution is -0.116. The number of amides is 2. The molecule has 2 aromatic carbocycles. The Balaban J connectivity index is 1.33. The third kappa shape index (κ3) is 4.21. The predicted molar refractivity (Wildman–Crippen MR) is 111 cm³/mol. The first-order valence-corrected chi connectivity index (χ1v) is 10.2. The van der Waals surface area contributed by atoms with Crippen LogP contribution in [0.25, 0.3) is 0 Å². The van der Waals surface area contributed by atoms with Gasteiger partial charge in [-0.25, -0.2) is 0 Å². The van der Waals surface area contributed by atoms with E-state index in [2.05, 4.69) is 22.3 Å². The van der Waals surface area contributed by atoms with Crippen LogP contribution in [0.2, 0.25) is 0 Å². The maximum atomic E-state index is 12.9. The molecular formula is C22H24ClN3O2. The molecule has 6 heteroatoms. The Hall–Kier alpha value is -2.37. The lowest BCUT2D eigenvalue weighted by Gasteiger charge is -2.35. The van der Waals surface area contributed by atoms with Crippen molar-refractivity contribution < 1.29 is 9.59 Å². The Morgan fingerprint density at radius 3 is 2.54 bits per heavy atom. The minimum Gasteiger partial charge on any atom is -0.336 e. The van der Waals surface area contributed by atoms with E-state index < -0.39 is 0 Å². The molecule has 0 bridgehead atoms. The van der Waals surface area contributed by atoms with Gasteiger partial charge in [-0.15, -0.1) is 11.6 Å². The SMILES string of the molecule is O=C1CCc2cc(C(=O)N3CCN(CC(Cl)c4ccccc4)CC3)ccc2N1. The van der Waals surface area contributed by atoms with E-state index in [0.717, 1.165) is 36.4 Å². The van der Waals surface area contributed by atoms with Crippen molar-refractivity contribution in [2.24, 2.45) is 0 Å². The maximum Gasteiger partial charge on any atom is 0.253 e. The van der Waals surface area contributed by atoms with Crippen LogP contribution in [-0.4, -0.2) is 54.3 Å². The number of nitrogens with one attached hydrogen (secondary N) is 1. The van der Waals surface area contributed by atoms with Crippen LogP contribution in [0.3, 0.4) is 0 Å². The second-order valence-electron chi connectivity index (χ2n) is 7.39. The Labute approximate surface area is 170 Å². The maximum absolute atomic E-state index is 12.9. The molecule has 2 aliphatic heterocycles. The quantitative estimate of drug-likeness (QED) is 0.805. The molecular weight excluding hydrogens is 374 g/mol. The zero-order chi connectivity index (χ0) is 19.5. The summed E-state index contributed by atoms with van der Waals surface area (Å²) in [4.78, 5) is 28.6. The molecule has 2 heterocycles. The van der Waals surface area contributed by atoms with Crippen molar-refractivity contribution in [3.05, 3.63) is 65.2 Å². The van der Waals surface area contributed by atoms with Gasteiger partial charge in [-0.2, -0.15) is 0 Å². The summed E-state index contributed by atoms with van der Waals surface area (Å²) in [7, 11) is 0. The normalized spacial score (nSPS) is 18.3. The number of benzene rings is 2. The van der Waals surface area contributed by atoms with Gasteiger partial charge < -0.3 is 10.2 Å². The van der Waals surface area contributed by atoms with Crippen molar-refractivity contribution in [2.45, 2.75) is 18.2 Å². The molecule has 1 saturated heterocycles. The largest absolute Gasteiger partial charge is 0.336 e. The lowest BCUT2D eigenvalue weighted by Crippen LogP contribution is -2.49. The van der Waals surface area contributed by atoms with Gasteiger partial charge in [0.2, 0.25) is 5.91 Å². The molecule has 0 aliphatic carbocycles. The number of halogens is 1. The van der Waals surface area contributed by atoms with Crippen LogP contribution in [0, 0.1) is 0 Å². The molecule has 4 rings (SSSR count). The number of rotatable bonds is 4. The third-order valence-corrected chi connectivity index (χ3v) is 5.88. The molecule has 1 unspecified atom stereocenters. The molecule has 2 aromatic rings. The zero-order valence-corrected chi connectivity index (χ0v) is 16.5. The number of piperazine rings is 1. The van der Waals surface area contributed by atoms with E-state index in [1.807, 2.05) is 41.3 Å². The van der Waals surface area contributed by atoms with Gasteiger partial charge in [-0.3, -0.25) is 14.5 Å². The van der Waals surface area contributed by atoms with Gasteiger partial charge in [-0.05, 0) is 35.7 Å². The van der Waals surface area contributed by atoms with Gasteiger partial charge >= 0.3 is 0 Å². The first kappa shape index (κ1) is 19.0. The van der Waals surface area contributed by atoms with Crippen molar-refractivity contribution in [2.75, 3.05) is 38.0 Å². The number of anilines is 1. The van der Waals surface area contributed by atoms with E-state index in [4.69, 9.17) is 11.6 Å². The van der Waals surface area contributed by atoms with E-state index >= 15 is 0 Å². The van der Waals surface area contributed by atoms with Crippen LogP contribution >= 0.6 is 11.6 Å². The molecule has 2 amide bonds. The topological polar surface area (TPSA) is 52.7 Å². The molecule has 0 saturated carbocycles. The fourth-order valence-electron chi connectivity index (χ4n) is 3.83. The fraction of sp³-hybridized carbons (Fsp3) is 0.364. The first-order valence-electron chi connectivity index (χ1n) is 9.73. The van der Waals surface area contributed by atoms with Crippen molar-refractivity contribution >= 4 is 29.1 Å². The Morgan fingerprint density at radius 2 is 1.79 bits per heavy atom. The standard InChI is InChI=1S/C22H24ClN3O2/c23-19(16-4-2-1-3-5-16)15-25-10-12-26(13-11-25)22(28)18-6-8-20-17(14-18)7-9-21(27)24-20/h1-6,8,14,19H,7,9-13,15H2,(H,24,27). The van der Waals surface area contributed by atoms with E-state index in [9.17, 15) is 9.59 Å². The van der Waals surface area contributed by atoms with Gasteiger partial charge in [0.15, 0.2) is 0 Å². The predicted octanol–water partition coefficient (Wildman–Crippen LogP) is 3.31. The molecule has 5 nitrogen and oxygen atoms in total. The minimum atomic E-state index is -0.0423. The number of carbonyl (C=O) groups is 2. The molecule has 28 heavy (non-hydrogen) atoms. The summed E-state index contributed by atoms with van der Waals surface area (Å²) in [5.41, 5.74) is 3.69. The van der Waals surface area contributed by atoms with E-state index in [-0.39, 0.29) is 17.2 Å². The highest BCUT2D eigenvalue weighted by Crippen LogP contribution is 2.25. The Morgan fingerprint density at radius 1 is 1.04 bits per heavy atom. The number of nitrogens with zero attached hydrogens (tertiary/aromatic N) is 2. The van der Waals surface area contributed by atoms with Crippen LogP contribution in [0.4, 0.5) is 5.69 Å². The molecule has 2 aliphatic rings. The molecule has 1 atom stereocenters. The van der Waals surface area contributed by atoms with E-state index in [1.165, 1.54) is 0 Å². The average Bonchev–Trinajstić information content (AvgIpc) is 2.74. The van der Waals surface area contributed by atoms with Gasteiger partial charge in [0.25, 0.3) is 5.91 Å². The summed E-state index contributed by atoms with van der Waals surface area (Å²) in [5, 5.41) is 2.82. The average molecular weight is 398 g/mol. The van der Waals surface area contributed by atoms with Gasteiger partial charge in [0.05, 0.1) is 5.38 Å². The summed E-state index contributed by atoms with van der Waals surface area (Å²) in [6.07, 6.45) is 1.16. The number of hydrogen-bond donors (Lipinski definition) is 1. The molecule has 0 spiro atoms. The number of hydrogen-bond acceptors (Lipinski definition) is 3. The Bertz CT molecular complexity index is 863. The Kier molecular flexibility index (Phi) is 5.64. The van der Waals surface area contributed by atoms with Crippen LogP contribution in [0.5, 0.6) is 0 Å². The van der Waals surface area contributed by atoms with Crippen LogP contribution in [0.1, 0.15) is 33.3 Å². The van der Waals surface area contributed by atoms with Gasteiger partial charge in [0.1, 0.15) is 0 Å². The van der Waals surface area contributed by atoms with Crippen LogP contribution in [0.15, 0.2) is 48.5 Å². The van der Waals surface area contributed by atoms with E-state index in [0.29, 0.717) is 31.5 Å². The van der Waals surface area contributed by atoms with Gasteiger partial charge in [0, 0.05) is 50.4 Å². The highest BCUT2D eigenvalue weighted by atomic mass is 35.5. The van der Waals surface area contributed by atoms with Gasteiger partial charge in [-0.1, -0.05) is 30.3 Å². The molecule has 146 valence electrons. The second-order valence-corrected chi connectivity index (χ2v) is 7.92. The molecule has 1 N–H and O–H groups in total. The summed E-state index contributed by atoms with van der Waals surface area (Å²) < 4.78 is 0. The highest BCUT2D eigenvalue weighted by Gasteiger charge is 2.25. The molecule has 1 fully saturated rings. The fourth-order valence-corrected chi connectivity index (χ4v) is 4.17. The number of fused-ring (bicyclic) bond motifs is 1. The highest BCUT2D eigenvalue weighted by molar-refractivity contribution is 6.21. The number of aryl methyl sites for hydroxylation is 1. The minimum absolute atomic E-state index is 0.0378. The lowest BCUT2D eigenvalue weighted by atomic mass is 10.00.